The van der Waals surface area contributed by atoms with Gasteiger partial charge in [0.05, 0.1) is 11.0 Å². The van der Waals surface area contributed by atoms with E-state index in [0.717, 1.165) is 28.1 Å². The number of aromatic nitrogens is 2. The summed E-state index contributed by atoms with van der Waals surface area (Å²) < 4.78 is 0. The minimum Gasteiger partial charge on any atom is -0.399 e. The van der Waals surface area contributed by atoms with Crippen LogP contribution in [0, 0.1) is 0 Å². The van der Waals surface area contributed by atoms with Crippen molar-refractivity contribution < 1.29 is 0 Å². The van der Waals surface area contributed by atoms with Crippen LogP contribution in [0.5, 0.6) is 0 Å². The standard InChI is InChI=1S/C15H17N5/c1-20(2)12-6-4-11(5-7-12)17-15-18-13-8-3-10(16)9-14(13)19-15/h3-9H,16H2,1-2H3,(H2,17,18,19). The van der Waals surface area contributed by atoms with E-state index in [2.05, 4.69) is 32.3 Å². The Morgan fingerprint density at radius 3 is 2.55 bits per heavy atom. The molecule has 102 valence electrons. The molecule has 0 aliphatic rings. The number of imidazole rings is 1. The van der Waals surface area contributed by atoms with E-state index in [-0.39, 0.29) is 0 Å². The van der Waals surface area contributed by atoms with Crippen molar-refractivity contribution in [2.24, 2.45) is 0 Å². The predicted molar refractivity (Wildman–Crippen MR) is 84.6 cm³/mol. The molecule has 20 heavy (non-hydrogen) atoms. The molecule has 3 rings (SSSR count). The SMILES string of the molecule is CN(C)c1ccc(Nc2nc3ccc(N)cc3[nH]2)cc1. The van der Waals surface area contributed by atoms with Gasteiger partial charge < -0.3 is 20.9 Å². The predicted octanol–water partition coefficient (Wildman–Crippen LogP) is 2.95. The van der Waals surface area contributed by atoms with Gasteiger partial charge in [-0.2, -0.15) is 0 Å². The molecule has 5 heteroatoms. The zero-order chi connectivity index (χ0) is 14.1. The molecule has 2 aromatic carbocycles. The van der Waals surface area contributed by atoms with E-state index in [4.69, 9.17) is 5.73 Å². The lowest BCUT2D eigenvalue weighted by atomic mass is 10.2. The van der Waals surface area contributed by atoms with Crippen molar-refractivity contribution in [3.8, 4) is 0 Å². The van der Waals surface area contributed by atoms with Crippen LogP contribution in [0.1, 0.15) is 0 Å². The Morgan fingerprint density at radius 2 is 1.85 bits per heavy atom. The Balaban J connectivity index is 1.85. The number of benzene rings is 2. The molecule has 0 saturated carbocycles. The number of hydrogen-bond donors (Lipinski definition) is 3. The highest BCUT2D eigenvalue weighted by Crippen LogP contribution is 2.21. The zero-order valence-corrected chi connectivity index (χ0v) is 11.5. The third-order valence-electron chi connectivity index (χ3n) is 3.15. The molecule has 0 amide bonds. The first-order valence-corrected chi connectivity index (χ1v) is 6.41. The summed E-state index contributed by atoms with van der Waals surface area (Å²) in [6, 6.07) is 13.8. The molecule has 0 aliphatic carbocycles. The highest BCUT2D eigenvalue weighted by molar-refractivity contribution is 5.81. The summed E-state index contributed by atoms with van der Waals surface area (Å²) in [5, 5.41) is 3.25. The molecule has 0 spiro atoms. The lowest BCUT2D eigenvalue weighted by Gasteiger charge is -2.12. The maximum atomic E-state index is 5.76. The monoisotopic (exact) mass is 267 g/mol. The number of nitrogens with zero attached hydrogens (tertiary/aromatic N) is 2. The molecule has 3 aromatic rings. The lowest BCUT2D eigenvalue weighted by Crippen LogP contribution is -2.08. The van der Waals surface area contributed by atoms with E-state index in [9.17, 15) is 0 Å². The van der Waals surface area contributed by atoms with Gasteiger partial charge in [-0.15, -0.1) is 0 Å². The van der Waals surface area contributed by atoms with E-state index in [1.165, 1.54) is 0 Å². The van der Waals surface area contributed by atoms with Crippen LogP contribution < -0.4 is 16.0 Å². The molecular weight excluding hydrogens is 250 g/mol. The van der Waals surface area contributed by atoms with Gasteiger partial charge in [0, 0.05) is 31.2 Å². The Morgan fingerprint density at radius 1 is 1.10 bits per heavy atom. The maximum Gasteiger partial charge on any atom is 0.205 e. The fraction of sp³-hybridized carbons (Fsp3) is 0.133. The number of fused-ring (bicyclic) bond motifs is 1. The van der Waals surface area contributed by atoms with Crippen LogP contribution >= 0.6 is 0 Å². The third-order valence-corrected chi connectivity index (χ3v) is 3.15. The summed E-state index contributed by atoms with van der Waals surface area (Å²) in [6.45, 7) is 0. The fourth-order valence-electron chi connectivity index (χ4n) is 2.07. The Bertz CT molecular complexity index is 728. The molecule has 1 aromatic heterocycles. The van der Waals surface area contributed by atoms with Crippen LogP contribution in [-0.2, 0) is 0 Å². The van der Waals surface area contributed by atoms with Crippen LogP contribution in [0.2, 0.25) is 0 Å². The molecule has 0 saturated heterocycles. The largest absolute Gasteiger partial charge is 0.399 e. The fourth-order valence-corrected chi connectivity index (χ4v) is 2.07. The average Bonchev–Trinajstić information content (AvgIpc) is 2.80. The first-order chi connectivity index (χ1) is 9.61. The van der Waals surface area contributed by atoms with E-state index in [1.807, 2.05) is 44.4 Å². The Kier molecular flexibility index (Phi) is 2.95. The normalized spacial score (nSPS) is 10.7. The number of rotatable bonds is 3. The molecular formula is C15H17N5. The van der Waals surface area contributed by atoms with Crippen molar-refractivity contribution in [2.45, 2.75) is 0 Å². The van der Waals surface area contributed by atoms with Crippen LogP contribution in [0.25, 0.3) is 11.0 Å². The van der Waals surface area contributed by atoms with Crippen molar-refractivity contribution in [1.82, 2.24) is 9.97 Å². The molecule has 0 unspecified atom stereocenters. The molecule has 0 bridgehead atoms. The van der Waals surface area contributed by atoms with E-state index in [0.29, 0.717) is 5.95 Å². The van der Waals surface area contributed by atoms with E-state index >= 15 is 0 Å². The minimum atomic E-state index is 0.711. The summed E-state index contributed by atoms with van der Waals surface area (Å²) in [4.78, 5) is 9.75. The first-order valence-electron chi connectivity index (χ1n) is 6.41. The number of H-pyrrole nitrogens is 1. The summed E-state index contributed by atoms with van der Waals surface area (Å²) in [7, 11) is 4.04. The maximum absolute atomic E-state index is 5.76. The van der Waals surface area contributed by atoms with Gasteiger partial charge in [-0.1, -0.05) is 0 Å². The Hall–Kier alpha value is -2.69. The summed E-state index contributed by atoms with van der Waals surface area (Å²) >= 11 is 0. The van der Waals surface area contributed by atoms with Gasteiger partial charge in [-0.25, -0.2) is 4.98 Å². The van der Waals surface area contributed by atoms with Crippen molar-refractivity contribution in [1.29, 1.82) is 0 Å². The van der Waals surface area contributed by atoms with E-state index in [1.54, 1.807) is 0 Å². The van der Waals surface area contributed by atoms with Gasteiger partial charge in [0.2, 0.25) is 5.95 Å². The average molecular weight is 267 g/mol. The second-order valence-corrected chi connectivity index (χ2v) is 4.93. The first kappa shape index (κ1) is 12.3. The molecule has 5 nitrogen and oxygen atoms in total. The molecule has 0 aliphatic heterocycles. The van der Waals surface area contributed by atoms with Gasteiger partial charge in [0.15, 0.2) is 0 Å². The van der Waals surface area contributed by atoms with E-state index < -0.39 is 0 Å². The summed E-state index contributed by atoms with van der Waals surface area (Å²) in [5.74, 6) is 0.711. The quantitative estimate of drug-likeness (QED) is 0.638. The smallest absolute Gasteiger partial charge is 0.205 e. The number of aromatic amines is 1. The van der Waals surface area contributed by atoms with Crippen molar-refractivity contribution in [2.75, 3.05) is 30.0 Å². The second-order valence-electron chi connectivity index (χ2n) is 4.93. The van der Waals surface area contributed by atoms with Gasteiger partial charge in [-0.3, -0.25) is 0 Å². The van der Waals surface area contributed by atoms with Crippen LogP contribution in [0.15, 0.2) is 42.5 Å². The van der Waals surface area contributed by atoms with Crippen molar-refractivity contribution in [3.05, 3.63) is 42.5 Å². The number of nitrogens with one attached hydrogen (secondary N) is 2. The van der Waals surface area contributed by atoms with Crippen molar-refractivity contribution >= 4 is 34.0 Å². The number of hydrogen-bond acceptors (Lipinski definition) is 4. The number of nitrogen functional groups attached to an aromatic ring is 1. The molecule has 1 heterocycles. The van der Waals surface area contributed by atoms with Gasteiger partial charge in [0.1, 0.15) is 0 Å². The number of nitrogens with two attached hydrogens (primary N) is 1. The number of anilines is 4. The third kappa shape index (κ3) is 2.38. The van der Waals surface area contributed by atoms with Gasteiger partial charge in [-0.05, 0) is 42.5 Å². The summed E-state index contributed by atoms with van der Waals surface area (Å²) in [5.41, 5.74) is 10.5. The highest BCUT2D eigenvalue weighted by atomic mass is 15.1. The molecule has 4 N–H and O–H groups in total. The summed E-state index contributed by atoms with van der Waals surface area (Å²) in [6.07, 6.45) is 0. The molecule has 0 radical (unpaired) electrons. The lowest BCUT2D eigenvalue weighted by molar-refractivity contribution is 1.13. The van der Waals surface area contributed by atoms with Crippen LogP contribution in [0.3, 0.4) is 0 Å². The molecule has 0 atom stereocenters. The highest BCUT2D eigenvalue weighted by Gasteiger charge is 2.03. The topological polar surface area (TPSA) is 70.0 Å². The minimum absolute atomic E-state index is 0.711. The van der Waals surface area contributed by atoms with Crippen molar-refractivity contribution in [3.63, 3.8) is 0 Å². The second kappa shape index (κ2) is 4.77. The molecule has 0 fully saturated rings. The van der Waals surface area contributed by atoms with Gasteiger partial charge >= 0.3 is 0 Å². The van der Waals surface area contributed by atoms with Crippen LogP contribution in [0.4, 0.5) is 23.0 Å². The van der Waals surface area contributed by atoms with Crippen LogP contribution in [-0.4, -0.2) is 24.1 Å². The zero-order valence-electron chi connectivity index (χ0n) is 11.5. The van der Waals surface area contributed by atoms with Gasteiger partial charge in [0.25, 0.3) is 0 Å². The Labute approximate surface area is 117 Å².